The third-order valence-electron chi connectivity index (χ3n) is 4.84. The van der Waals surface area contributed by atoms with Crippen LogP contribution < -0.4 is 5.32 Å². The Bertz CT molecular complexity index is 989. The number of nitrogens with one attached hydrogen (secondary N) is 1. The first-order chi connectivity index (χ1) is 13.6. The Kier molecular flexibility index (Phi) is 6.06. The fraction of sp³-hybridized carbons (Fsp3) is 0.304. The largest absolute Gasteiger partial charge is 0.350 e. The predicted molar refractivity (Wildman–Crippen MR) is 119 cm³/mol. The molecule has 6 heteroatoms. The zero-order valence-corrected chi connectivity index (χ0v) is 18.5. The first-order valence-electron chi connectivity index (χ1n) is 9.57. The van der Waals surface area contributed by atoms with Crippen LogP contribution in [0.25, 0.3) is 5.57 Å². The molecule has 0 bridgehead atoms. The van der Waals surface area contributed by atoms with E-state index in [1.165, 1.54) is 10.5 Å². The summed E-state index contributed by atoms with van der Waals surface area (Å²) in [5.41, 5.74) is 2.93. The summed E-state index contributed by atoms with van der Waals surface area (Å²) in [6.07, 6.45) is 0.673. The molecule has 152 valence electrons. The van der Waals surface area contributed by atoms with E-state index in [2.05, 4.69) is 26.1 Å². The molecule has 0 atom stereocenters. The maximum atomic E-state index is 13.0. The van der Waals surface area contributed by atoms with Gasteiger partial charge in [0.15, 0.2) is 0 Å². The van der Waals surface area contributed by atoms with Crippen molar-refractivity contribution in [3.05, 3.63) is 69.3 Å². The highest BCUT2D eigenvalue weighted by atomic mass is 35.5. The van der Waals surface area contributed by atoms with E-state index in [1.54, 1.807) is 18.2 Å². The summed E-state index contributed by atoms with van der Waals surface area (Å²) in [4.78, 5) is 27.3. The van der Waals surface area contributed by atoms with E-state index in [1.807, 2.05) is 31.2 Å². The van der Waals surface area contributed by atoms with Crippen molar-refractivity contribution in [1.82, 2.24) is 4.90 Å². The van der Waals surface area contributed by atoms with Gasteiger partial charge in [-0.25, -0.2) is 0 Å². The van der Waals surface area contributed by atoms with Crippen LogP contribution in [0.3, 0.4) is 0 Å². The average Bonchev–Trinajstić information content (AvgIpc) is 2.87. The minimum atomic E-state index is -0.352. The lowest BCUT2D eigenvalue weighted by atomic mass is 9.87. The Hall–Kier alpha value is -2.30. The summed E-state index contributed by atoms with van der Waals surface area (Å²) in [7, 11) is 0. The van der Waals surface area contributed by atoms with Crippen molar-refractivity contribution in [2.24, 2.45) is 0 Å². The SMILES string of the molecule is CCCN1C(=O)C(Nc2ccc(C(C)(C)C)cc2)=C(c2ccc(Cl)cc2Cl)C1=O. The Labute approximate surface area is 181 Å². The van der Waals surface area contributed by atoms with Gasteiger partial charge < -0.3 is 5.32 Å². The van der Waals surface area contributed by atoms with Crippen LogP contribution in [0, 0.1) is 0 Å². The fourth-order valence-corrected chi connectivity index (χ4v) is 3.76. The second kappa shape index (κ2) is 8.21. The number of nitrogens with zero attached hydrogens (tertiary/aromatic N) is 1. The van der Waals surface area contributed by atoms with Crippen molar-refractivity contribution in [2.75, 3.05) is 11.9 Å². The third kappa shape index (κ3) is 4.34. The van der Waals surface area contributed by atoms with Gasteiger partial charge in [0.05, 0.1) is 10.6 Å². The van der Waals surface area contributed by atoms with E-state index < -0.39 is 0 Å². The van der Waals surface area contributed by atoms with Crippen molar-refractivity contribution < 1.29 is 9.59 Å². The zero-order valence-electron chi connectivity index (χ0n) is 17.0. The topological polar surface area (TPSA) is 49.4 Å². The molecule has 4 nitrogen and oxygen atoms in total. The number of amides is 2. The molecule has 2 aromatic carbocycles. The molecule has 1 heterocycles. The molecule has 1 aliphatic rings. The van der Waals surface area contributed by atoms with E-state index in [0.717, 1.165) is 5.69 Å². The molecule has 0 spiro atoms. The molecule has 0 fully saturated rings. The van der Waals surface area contributed by atoms with Crippen LogP contribution in [0.1, 0.15) is 45.2 Å². The minimum Gasteiger partial charge on any atom is -0.350 e. The van der Waals surface area contributed by atoms with Crippen LogP contribution in [-0.4, -0.2) is 23.3 Å². The van der Waals surface area contributed by atoms with Gasteiger partial charge in [-0.1, -0.05) is 69.1 Å². The second-order valence-corrected chi connectivity index (χ2v) is 8.93. The van der Waals surface area contributed by atoms with E-state index >= 15 is 0 Å². The van der Waals surface area contributed by atoms with Crippen LogP contribution in [0.5, 0.6) is 0 Å². The molecule has 0 unspecified atom stereocenters. The quantitative estimate of drug-likeness (QED) is 0.601. The summed E-state index contributed by atoms with van der Waals surface area (Å²) >= 11 is 12.4. The van der Waals surface area contributed by atoms with Crippen LogP contribution in [0.2, 0.25) is 10.0 Å². The molecule has 0 saturated heterocycles. The summed E-state index contributed by atoms with van der Waals surface area (Å²) < 4.78 is 0. The van der Waals surface area contributed by atoms with Crippen LogP contribution in [-0.2, 0) is 15.0 Å². The standard InChI is InChI=1S/C23H24Cl2N2O2/c1-5-12-27-21(28)19(17-11-8-15(24)13-18(17)25)20(22(27)29)26-16-9-6-14(7-10-16)23(2,3)4/h6-11,13,26H,5,12H2,1-4H3. The van der Waals surface area contributed by atoms with Crippen molar-refractivity contribution in [1.29, 1.82) is 0 Å². The molecule has 29 heavy (non-hydrogen) atoms. The van der Waals surface area contributed by atoms with Gasteiger partial charge in [0.1, 0.15) is 5.70 Å². The highest BCUT2D eigenvalue weighted by molar-refractivity contribution is 6.41. The van der Waals surface area contributed by atoms with Gasteiger partial charge in [-0.2, -0.15) is 0 Å². The molecule has 0 saturated carbocycles. The van der Waals surface area contributed by atoms with Crippen LogP contribution in [0.15, 0.2) is 48.2 Å². The Morgan fingerprint density at radius 2 is 1.62 bits per heavy atom. The van der Waals surface area contributed by atoms with Gasteiger partial charge in [-0.15, -0.1) is 0 Å². The highest BCUT2D eigenvalue weighted by Crippen LogP contribution is 2.35. The number of anilines is 1. The zero-order chi connectivity index (χ0) is 21.3. The fourth-order valence-electron chi connectivity index (χ4n) is 3.26. The first kappa shape index (κ1) is 21.4. The monoisotopic (exact) mass is 430 g/mol. The van der Waals surface area contributed by atoms with Gasteiger partial charge in [0.2, 0.25) is 0 Å². The van der Waals surface area contributed by atoms with Gasteiger partial charge in [-0.05, 0) is 41.7 Å². The molecular weight excluding hydrogens is 407 g/mol. The van der Waals surface area contributed by atoms with Crippen molar-refractivity contribution >= 4 is 46.3 Å². The second-order valence-electron chi connectivity index (χ2n) is 8.09. The lowest BCUT2D eigenvalue weighted by Crippen LogP contribution is -2.33. The Morgan fingerprint density at radius 3 is 2.17 bits per heavy atom. The first-order valence-corrected chi connectivity index (χ1v) is 10.3. The number of imide groups is 1. The van der Waals surface area contributed by atoms with Crippen LogP contribution >= 0.6 is 23.2 Å². The molecule has 0 aromatic heterocycles. The van der Waals surface area contributed by atoms with Crippen molar-refractivity contribution in [3.8, 4) is 0 Å². The normalized spacial score (nSPS) is 14.8. The summed E-state index contributed by atoms with van der Waals surface area (Å²) in [6.45, 7) is 8.69. The number of rotatable bonds is 5. The minimum absolute atomic E-state index is 0.0247. The summed E-state index contributed by atoms with van der Waals surface area (Å²) in [5.74, 6) is -0.701. The van der Waals surface area contributed by atoms with E-state index in [-0.39, 0.29) is 28.5 Å². The molecule has 2 amide bonds. The van der Waals surface area contributed by atoms with E-state index in [4.69, 9.17) is 23.2 Å². The Balaban J connectivity index is 2.06. The third-order valence-corrected chi connectivity index (χ3v) is 5.38. The number of carbonyl (C=O) groups is 2. The predicted octanol–water partition coefficient (Wildman–Crippen LogP) is 5.89. The van der Waals surface area contributed by atoms with Gasteiger partial charge in [0.25, 0.3) is 11.8 Å². The maximum Gasteiger partial charge on any atom is 0.278 e. The van der Waals surface area contributed by atoms with E-state index in [9.17, 15) is 9.59 Å². The lowest BCUT2D eigenvalue weighted by Gasteiger charge is -2.19. The smallest absolute Gasteiger partial charge is 0.278 e. The number of benzene rings is 2. The molecule has 1 aliphatic heterocycles. The number of hydrogen-bond donors (Lipinski definition) is 1. The number of halogens is 2. The maximum absolute atomic E-state index is 13.0. The van der Waals surface area contributed by atoms with Crippen molar-refractivity contribution in [2.45, 2.75) is 39.5 Å². The molecule has 3 rings (SSSR count). The van der Waals surface area contributed by atoms with Gasteiger partial charge in [0, 0.05) is 22.8 Å². The Morgan fingerprint density at radius 1 is 0.966 bits per heavy atom. The van der Waals surface area contributed by atoms with Crippen LogP contribution in [0.4, 0.5) is 5.69 Å². The summed E-state index contributed by atoms with van der Waals surface area (Å²) in [6, 6.07) is 12.8. The molecule has 2 aromatic rings. The lowest BCUT2D eigenvalue weighted by molar-refractivity contribution is -0.136. The van der Waals surface area contributed by atoms with Gasteiger partial charge >= 0.3 is 0 Å². The number of hydrogen-bond acceptors (Lipinski definition) is 3. The molecule has 0 radical (unpaired) electrons. The molecule has 1 N–H and O–H groups in total. The molecule has 0 aliphatic carbocycles. The summed E-state index contributed by atoms with van der Waals surface area (Å²) in [5, 5.41) is 3.95. The molecular formula is C23H24Cl2N2O2. The van der Waals surface area contributed by atoms with Gasteiger partial charge in [-0.3, -0.25) is 14.5 Å². The number of carbonyl (C=O) groups excluding carboxylic acids is 2. The van der Waals surface area contributed by atoms with E-state index in [0.29, 0.717) is 28.6 Å². The highest BCUT2D eigenvalue weighted by Gasteiger charge is 2.39. The average molecular weight is 431 g/mol. The van der Waals surface area contributed by atoms with Crippen molar-refractivity contribution in [3.63, 3.8) is 0 Å².